The zero-order valence-electron chi connectivity index (χ0n) is 14.7. The third kappa shape index (κ3) is 5.57. The quantitative estimate of drug-likeness (QED) is 0.556. The third-order valence-electron chi connectivity index (χ3n) is 3.03. The molecule has 0 saturated carbocycles. The van der Waals surface area contributed by atoms with Gasteiger partial charge in [0.2, 0.25) is 16.0 Å². The van der Waals surface area contributed by atoms with Gasteiger partial charge in [0.05, 0.1) is 19.3 Å². The number of ether oxygens (including phenoxy) is 1. The van der Waals surface area contributed by atoms with Crippen molar-refractivity contribution in [2.45, 2.75) is 13.3 Å². The molecule has 2 rings (SSSR count). The molecular weight excluding hydrogens is 398 g/mol. The van der Waals surface area contributed by atoms with E-state index >= 15 is 0 Å². The predicted octanol–water partition coefficient (Wildman–Crippen LogP) is 1.99. The number of nitrogens with one attached hydrogen (secondary N) is 2. The molecule has 0 bridgehead atoms. The predicted molar refractivity (Wildman–Crippen MR) is 100.0 cm³/mol. The van der Waals surface area contributed by atoms with Crippen LogP contribution in [0.2, 0.25) is 0 Å². The Morgan fingerprint density at radius 2 is 2.25 bits per heavy atom. The zero-order valence-corrected chi connectivity index (χ0v) is 15.5. The van der Waals surface area contributed by atoms with Gasteiger partial charge < -0.3 is 20.2 Å². The molecule has 0 atom stereocenters. The maximum Gasteiger partial charge on any atom is 0.381 e. The molecule has 0 aliphatic heterocycles. The number of methoxy groups -OCH3 is 1. The monoisotopic (exact) mass is 414 g/mol. The molecule has 0 radical (unpaired) electrons. The van der Waals surface area contributed by atoms with Crippen molar-refractivity contribution in [1.82, 2.24) is 10.2 Å². The Labute approximate surface area is 161 Å². The number of carbonyl (C=O) groups excluding carboxylic acids is 1. The maximum atomic E-state index is 12.4. The summed E-state index contributed by atoms with van der Waals surface area (Å²) in [5.41, 5.74) is 4.73. The topological polar surface area (TPSA) is 145 Å². The number of nitrogens with zero attached hydrogens (tertiary/aromatic N) is 3. The molecule has 2 aromatic heterocycles. The number of rotatable bonds is 8. The fraction of sp³-hybridized carbons (Fsp3) is 0.267. The van der Waals surface area contributed by atoms with E-state index in [0.717, 1.165) is 17.4 Å². The molecular formula is C15H16F2N6O4S. The van der Waals surface area contributed by atoms with Crippen LogP contribution in [0.25, 0.3) is 0 Å². The molecule has 1 amide bonds. The molecule has 0 aliphatic carbocycles. The SMILES string of the molecule is COc1c(NCC(F)F)cc(C(=O)Nc2nnc(/N=C(C)/C=C\N)s2)oc1=O. The van der Waals surface area contributed by atoms with Crippen LogP contribution < -0.4 is 26.7 Å². The van der Waals surface area contributed by atoms with Gasteiger partial charge in [0.1, 0.15) is 0 Å². The lowest BCUT2D eigenvalue weighted by molar-refractivity contribution is 0.0991. The summed E-state index contributed by atoms with van der Waals surface area (Å²) in [6, 6.07) is 1.08. The Bertz CT molecular complexity index is 956. The van der Waals surface area contributed by atoms with Crippen molar-refractivity contribution in [1.29, 1.82) is 0 Å². The van der Waals surface area contributed by atoms with Gasteiger partial charge >= 0.3 is 5.63 Å². The van der Waals surface area contributed by atoms with Gasteiger partial charge in [0, 0.05) is 11.8 Å². The summed E-state index contributed by atoms with van der Waals surface area (Å²) >= 11 is 0.965. The zero-order chi connectivity index (χ0) is 20.7. The average Bonchev–Trinajstić information content (AvgIpc) is 3.06. The summed E-state index contributed by atoms with van der Waals surface area (Å²) in [5.74, 6) is -1.58. The third-order valence-corrected chi connectivity index (χ3v) is 3.76. The Morgan fingerprint density at radius 3 is 2.89 bits per heavy atom. The summed E-state index contributed by atoms with van der Waals surface area (Å²) < 4.78 is 34.5. The number of anilines is 2. The average molecular weight is 414 g/mol. The second-order valence-electron chi connectivity index (χ2n) is 5.07. The van der Waals surface area contributed by atoms with E-state index in [4.69, 9.17) is 14.9 Å². The van der Waals surface area contributed by atoms with E-state index in [1.165, 1.54) is 13.3 Å². The summed E-state index contributed by atoms with van der Waals surface area (Å²) in [4.78, 5) is 28.3. The number of halogens is 2. The van der Waals surface area contributed by atoms with Gasteiger partial charge in [-0.2, -0.15) is 0 Å². The fourth-order valence-corrected chi connectivity index (χ4v) is 2.57. The largest absolute Gasteiger partial charge is 0.488 e. The number of aliphatic imine (C=N–C) groups is 1. The molecule has 0 fully saturated rings. The molecule has 10 nitrogen and oxygen atoms in total. The molecule has 28 heavy (non-hydrogen) atoms. The van der Waals surface area contributed by atoms with Crippen molar-refractivity contribution in [3.05, 3.63) is 34.5 Å². The van der Waals surface area contributed by atoms with Crippen LogP contribution in [0.15, 0.2) is 32.5 Å². The molecule has 2 heterocycles. The minimum atomic E-state index is -2.67. The van der Waals surface area contributed by atoms with E-state index in [-0.39, 0.29) is 21.7 Å². The standard InChI is InChI=1S/C15H16F2N6O4S/c1-7(3-4-18)20-14-22-23-15(28-14)21-12(24)9-5-8(19-6-10(16)17)11(26-2)13(25)27-9/h3-5,10,19H,6,18H2,1-2H3,(H,21,23,24)/b4-3-,20-7+. The van der Waals surface area contributed by atoms with Gasteiger partial charge in [-0.25, -0.2) is 18.6 Å². The lowest BCUT2D eigenvalue weighted by Gasteiger charge is -2.10. The van der Waals surface area contributed by atoms with Crippen molar-refractivity contribution in [2.75, 3.05) is 24.3 Å². The van der Waals surface area contributed by atoms with Crippen LogP contribution in [-0.2, 0) is 0 Å². The highest BCUT2D eigenvalue weighted by Gasteiger charge is 2.19. The number of nitrogens with two attached hydrogens (primary N) is 1. The molecule has 0 aromatic carbocycles. The lowest BCUT2D eigenvalue weighted by atomic mass is 10.3. The molecule has 150 valence electrons. The van der Waals surface area contributed by atoms with Gasteiger partial charge in [0.15, 0.2) is 5.76 Å². The number of hydrogen-bond donors (Lipinski definition) is 3. The second-order valence-corrected chi connectivity index (χ2v) is 6.03. The number of amides is 1. The molecule has 2 aromatic rings. The number of aromatic nitrogens is 2. The number of carbonyl (C=O) groups is 1. The second kappa shape index (κ2) is 9.55. The van der Waals surface area contributed by atoms with E-state index in [1.54, 1.807) is 13.0 Å². The van der Waals surface area contributed by atoms with E-state index in [0.29, 0.717) is 5.71 Å². The molecule has 0 saturated heterocycles. The lowest BCUT2D eigenvalue weighted by Crippen LogP contribution is -2.19. The highest BCUT2D eigenvalue weighted by molar-refractivity contribution is 7.18. The van der Waals surface area contributed by atoms with Gasteiger partial charge in [-0.15, -0.1) is 10.2 Å². The van der Waals surface area contributed by atoms with Crippen molar-refractivity contribution in [2.24, 2.45) is 10.7 Å². The highest BCUT2D eigenvalue weighted by Crippen LogP contribution is 2.25. The number of allylic oxidation sites excluding steroid dienone is 1. The minimum absolute atomic E-state index is 0.0915. The van der Waals surface area contributed by atoms with Crippen LogP contribution in [0, 0.1) is 0 Å². The van der Waals surface area contributed by atoms with Crippen molar-refractivity contribution >= 4 is 38.9 Å². The van der Waals surface area contributed by atoms with Crippen molar-refractivity contribution in [3.8, 4) is 5.75 Å². The van der Waals surface area contributed by atoms with Crippen LogP contribution in [0.5, 0.6) is 5.75 Å². The Kier molecular flexibility index (Phi) is 7.14. The molecule has 0 unspecified atom stereocenters. The first-order valence-corrected chi connectivity index (χ1v) is 8.48. The van der Waals surface area contributed by atoms with Crippen LogP contribution in [0.3, 0.4) is 0 Å². The van der Waals surface area contributed by atoms with Crippen LogP contribution in [0.1, 0.15) is 17.5 Å². The smallest absolute Gasteiger partial charge is 0.381 e. The Morgan fingerprint density at radius 1 is 1.50 bits per heavy atom. The summed E-state index contributed by atoms with van der Waals surface area (Å²) in [6.07, 6.45) is 0.195. The van der Waals surface area contributed by atoms with Gasteiger partial charge in [-0.3, -0.25) is 10.1 Å². The summed E-state index contributed by atoms with van der Waals surface area (Å²) in [7, 11) is 1.17. The Hall–Kier alpha value is -3.35. The fourth-order valence-electron chi connectivity index (χ4n) is 1.90. The van der Waals surface area contributed by atoms with Crippen LogP contribution >= 0.6 is 11.3 Å². The van der Waals surface area contributed by atoms with E-state index in [9.17, 15) is 18.4 Å². The number of hydrogen-bond acceptors (Lipinski definition) is 10. The molecule has 4 N–H and O–H groups in total. The normalized spacial score (nSPS) is 11.8. The minimum Gasteiger partial charge on any atom is -0.488 e. The van der Waals surface area contributed by atoms with Crippen molar-refractivity contribution in [3.63, 3.8) is 0 Å². The van der Waals surface area contributed by atoms with Crippen LogP contribution in [0.4, 0.5) is 24.7 Å². The van der Waals surface area contributed by atoms with E-state index in [1.807, 2.05) is 0 Å². The summed E-state index contributed by atoms with van der Waals surface area (Å²) in [5, 5.41) is 12.6. The first-order chi connectivity index (χ1) is 13.3. The van der Waals surface area contributed by atoms with Gasteiger partial charge in [-0.1, -0.05) is 11.3 Å². The van der Waals surface area contributed by atoms with E-state index < -0.39 is 30.3 Å². The first kappa shape index (κ1) is 21.0. The van der Waals surface area contributed by atoms with Gasteiger partial charge in [-0.05, 0) is 19.2 Å². The maximum absolute atomic E-state index is 12.4. The first-order valence-electron chi connectivity index (χ1n) is 7.66. The van der Waals surface area contributed by atoms with Crippen LogP contribution in [-0.4, -0.2) is 41.9 Å². The van der Waals surface area contributed by atoms with Gasteiger partial charge in [0.25, 0.3) is 12.3 Å². The van der Waals surface area contributed by atoms with Crippen molar-refractivity contribution < 1.29 is 22.7 Å². The number of alkyl halides is 2. The highest BCUT2D eigenvalue weighted by atomic mass is 32.1. The molecule has 0 aliphatic rings. The van der Waals surface area contributed by atoms with E-state index in [2.05, 4.69) is 25.8 Å². The summed E-state index contributed by atoms with van der Waals surface area (Å²) in [6.45, 7) is 0.957. The Balaban J connectivity index is 2.21. The molecule has 13 heteroatoms. The molecule has 0 spiro atoms.